The first kappa shape index (κ1) is 12.4. The Bertz CT molecular complexity index is 523. The van der Waals surface area contributed by atoms with Crippen molar-refractivity contribution in [2.24, 2.45) is 5.92 Å². The number of hydrogen-bond donors (Lipinski definition) is 1. The average molecular weight is 255 g/mol. The van der Waals surface area contributed by atoms with Crippen LogP contribution in [0.25, 0.3) is 5.65 Å². The minimum atomic E-state index is 0.825. The van der Waals surface area contributed by atoms with Gasteiger partial charge in [-0.3, -0.25) is 0 Å². The molecule has 0 saturated heterocycles. The summed E-state index contributed by atoms with van der Waals surface area (Å²) in [6, 6.07) is 6.11. The molecule has 0 amide bonds. The Morgan fingerprint density at radius 3 is 3.16 bits per heavy atom. The maximum absolute atomic E-state index is 4.61. The lowest BCUT2D eigenvalue weighted by Gasteiger charge is -2.17. The van der Waals surface area contributed by atoms with Crippen LogP contribution in [-0.4, -0.2) is 22.5 Å². The van der Waals surface area contributed by atoms with Gasteiger partial charge in [0.25, 0.3) is 0 Å². The van der Waals surface area contributed by atoms with Crippen molar-refractivity contribution in [1.82, 2.24) is 14.7 Å². The second kappa shape index (κ2) is 6.02. The maximum Gasteiger partial charge on any atom is 0.136 e. The molecule has 0 fully saturated rings. The third kappa shape index (κ3) is 3.24. The molecule has 0 spiro atoms. The number of fused-ring (bicyclic) bond motifs is 1. The topological polar surface area (TPSA) is 29.3 Å². The van der Waals surface area contributed by atoms with E-state index >= 15 is 0 Å². The van der Waals surface area contributed by atoms with Gasteiger partial charge >= 0.3 is 0 Å². The van der Waals surface area contributed by atoms with E-state index in [0.29, 0.717) is 0 Å². The number of hydrogen-bond acceptors (Lipinski definition) is 2. The summed E-state index contributed by atoms with van der Waals surface area (Å²) in [6.07, 6.45) is 13.6. The summed E-state index contributed by atoms with van der Waals surface area (Å²) in [5.41, 5.74) is 2.21. The van der Waals surface area contributed by atoms with Gasteiger partial charge in [-0.15, -0.1) is 0 Å². The molecule has 3 rings (SSSR count). The number of nitrogens with one attached hydrogen (secondary N) is 1. The fourth-order valence-electron chi connectivity index (χ4n) is 2.67. The monoisotopic (exact) mass is 255 g/mol. The van der Waals surface area contributed by atoms with Gasteiger partial charge in [-0.25, -0.2) is 4.98 Å². The van der Waals surface area contributed by atoms with Crippen molar-refractivity contribution in [3.05, 3.63) is 48.4 Å². The first-order valence-electron chi connectivity index (χ1n) is 7.20. The summed E-state index contributed by atoms with van der Waals surface area (Å²) in [5, 5.41) is 3.56. The Kier molecular flexibility index (Phi) is 3.94. The maximum atomic E-state index is 4.61. The Morgan fingerprint density at radius 2 is 2.32 bits per heavy atom. The fourth-order valence-corrected chi connectivity index (χ4v) is 2.67. The van der Waals surface area contributed by atoms with Gasteiger partial charge in [-0.2, -0.15) is 0 Å². The Labute approximate surface area is 114 Å². The minimum Gasteiger partial charge on any atom is -0.316 e. The van der Waals surface area contributed by atoms with Gasteiger partial charge in [-0.05, 0) is 43.9 Å². The van der Waals surface area contributed by atoms with Crippen LogP contribution in [0.5, 0.6) is 0 Å². The summed E-state index contributed by atoms with van der Waals surface area (Å²) >= 11 is 0. The molecule has 0 saturated carbocycles. The summed E-state index contributed by atoms with van der Waals surface area (Å²) in [6.45, 7) is 2.15. The van der Waals surface area contributed by atoms with E-state index in [1.807, 2.05) is 24.4 Å². The van der Waals surface area contributed by atoms with Crippen molar-refractivity contribution < 1.29 is 0 Å². The molecule has 19 heavy (non-hydrogen) atoms. The predicted molar refractivity (Wildman–Crippen MR) is 78.2 cm³/mol. The van der Waals surface area contributed by atoms with Crippen LogP contribution in [0.3, 0.4) is 0 Å². The van der Waals surface area contributed by atoms with Gasteiger partial charge in [0.15, 0.2) is 0 Å². The standard InChI is InChI=1S/C16H21N3/c1-2-6-14(7-3-1)12-17-10-9-15-13-19-11-5-4-8-16(19)18-15/h1-2,4-5,8,11,13-14,17H,3,6-7,9-10,12H2. The molecule has 0 radical (unpaired) electrons. The molecule has 0 bridgehead atoms. The first-order chi connectivity index (χ1) is 9.42. The molecule has 2 aromatic rings. The van der Waals surface area contributed by atoms with Crippen LogP contribution in [0.4, 0.5) is 0 Å². The lowest BCUT2D eigenvalue weighted by Crippen LogP contribution is -2.25. The highest BCUT2D eigenvalue weighted by molar-refractivity contribution is 5.39. The molecular formula is C16H21N3. The lowest BCUT2D eigenvalue weighted by molar-refractivity contribution is 0.442. The summed E-state index contributed by atoms with van der Waals surface area (Å²) in [4.78, 5) is 4.61. The smallest absolute Gasteiger partial charge is 0.136 e. The molecule has 100 valence electrons. The zero-order valence-corrected chi connectivity index (χ0v) is 11.3. The SMILES string of the molecule is C1=CCC(CNCCc2cn3ccccc3n2)CC1. The number of nitrogens with zero attached hydrogens (tertiary/aromatic N) is 2. The van der Waals surface area contributed by atoms with Crippen molar-refractivity contribution in [2.45, 2.75) is 25.7 Å². The number of aromatic nitrogens is 2. The highest BCUT2D eigenvalue weighted by atomic mass is 15.0. The first-order valence-corrected chi connectivity index (χ1v) is 7.20. The normalized spacial score (nSPS) is 19.1. The number of allylic oxidation sites excluding steroid dienone is 2. The zero-order valence-electron chi connectivity index (χ0n) is 11.3. The van der Waals surface area contributed by atoms with Gasteiger partial charge in [0.05, 0.1) is 5.69 Å². The second-order valence-electron chi connectivity index (χ2n) is 5.30. The van der Waals surface area contributed by atoms with Crippen LogP contribution in [0.2, 0.25) is 0 Å². The van der Waals surface area contributed by atoms with E-state index in [1.165, 1.54) is 25.0 Å². The van der Waals surface area contributed by atoms with E-state index in [1.54, 1.807) is 0 Å². The van der Waals surface area contributed by atoms with Crippen molar-refractivity contribution in [2.75, 3.05) is 13.1 Å². The van der Waals surface area contributed by atoms with E-state index in [9.17, 15) is 0 Å². The predicted octanol–water partition coefficient (Wildman–Crippen LogP) is 2.82. The van der Waals surface area contributed by atoms with Crippen LogP contribution in [0.1, 0.15) is 25.0 Å². The van der Waals surface area contributed by atoms with Crippen LogP contribution >= 0.6 is 0 Å². The minimum absolute atomic E-state index is 0.825. The fraction of sp³-hybridized carbons (Fsp3) is 0.438. The van der Waals surface area contributed by atoms with E-state index in [4.69, 9.17) is 0 Å². The molecule has 3 nitrogen and oxygen atoms in total. The van der Waals surface area contributed by atoms with E-state index in [0.717, 1.165) is 31.1 Å². The van der Waals surface area contributed by atoms with Gasteiger partial charge in [0.1, 0.15) is 5.65 Å². The Morgan fingerprint density at radius 1 is 1.32 bits per heavy atom. The Balaban J connectivity index is 1.45. The second-order valence-corrected chi connectivity index (χ2v) is 5.30. The van der Waals surface area contributed by atoms with Crippen LogP contribution < -0.4 is 5.32 Å². The average Bonchev–Trinajstić information content (AvgIpc) is 2.87. The third-order valence-electron chi connectivity index (χ3n) is 3.78. The molecule has 3 heteroatoms. The molecule has 1 N–H and O–H groups in total. The van der Waals surface area contributed by atoms with Crippen LogP contribution in [0.15, 0.2) is 42.7 Å². The number of rotatable bonds is 5. The zero-order chi connectivity index (χ0) is 12.9. The molecule has 0 aromatic carbocycles. The third-order valence-corrected chi connectivity index (χ3v) is 3.78. The molecule has 2 heterocycles. The van der Waals surface area contributed by atoms with E-state index < -0.39 is 0 Å². The number of imidazole rings is 1. The molecule has 1 aliphatic rings. The largest absolute Gasteiger partial charge is 0.316 e. The molecule has 0 aliphatic heterocycles. The molecule has 1 unspecified atom stereocenters. The summed E-state index contributed by atoms with van der Waals surface area (Å²) in [7, 11) is 0. The van der Waals surface area contributed by atoms with Gasteiger partial charge in [-0.1, -0.05) is 18.2 Å². The Hall–Kier alpha value is -1.61. The van der Waals surface area contributed by atoms with Gasteiger partial charge in [0, 0.05) is 25.4 Å². The van der Waals surface area contributed by atoms with E-state index in [-0.39, 0.29) is 0 Å². The molecule has 1 aliphatic carbocycles. The quantitative estimate of drug-likeness (QED) is 0.657. The van der Waals surface area contributed by atoms with Crippen LogP contribution in [-0.2, 0) is 6.42 Å². The van der Waals surface area contributed by atoms with Crippen molar-refractivity contribution in [1.29, 1.82) is 0 Å². The number of pyridine rings is 1. The molecule has 1 atom stereocenters. The van der Waals surface area contributed by atoms with Crippen molar-refractivity contribution >= 4 is 5.65 Å². The lowest BCUT2D eigenvalue weighted by atomic mass is 9.94. The van der Waals surface area contributed by atoms with Gasteiger partial charge < -0.3 is 9.72 Å². The van der Waals surface area contributed by atoms with Crippen molar-refractivity contribution in [3.63, 3.8) is 0 Å². The van der Waals surface area contributed by atoms with Crippen LogP contribution in [0, 0.1) is 5.92 Å². The highest BCUT2D eigenvalue weighted by Crippen LogP contribution is 2.16. The summed E-state index contributed by atoms with van der Waals surface area (Å²) in [5.74, 6) is 0.825. The molecule has 2 aromatic heterocycles. The molecular weight excluding hydrogens is 234 g/mol. The van der Waals surface area contributed by atoms with E-state index in [2.05, 4.69) is 33.1 Å². The highest BCUT2D eigenvalue weighted by Gasteiger charge is 2.08. The van der Waals surface area contributed by atoms with Crippen molar-refractivity contribution in [3.8, 4) is 0 Å². The van der Waals surface area contributed by atoms with Gasteiger partial charge in [0.2, 0.25) is 0 Å². The summed E-state index contributed by atoms with van der Waals surface area (Å²) < 4.78 is 2.08.